The maximum atomic E-state index is 10.1. The Balaban J connectivity index is 1.60. The number of phenols is 2. The Morgan fingerprint density at radius 3 is 1.27 bits per heavy atom. The minimum atomic E-state index is 0.149. The van der Waals surface area contributed by atoms with Gasteiger partial charge in [0.2, 0.25) is 0 Å². The third-order valence-electron chi connectivity index (χ3n) is 4.25. The predicted molar refractivity (Wildman–Crippen MR) is 106 cm³/mol. The van der Waals surface area contributed by atoms with Gasteiger partial charge in [0.1, 0.15) is 11.5 Å². The molecule has 0 aliphatic heterocycles. The molecule has 0 unspecified atom stereocenters. The number of fused-ring (bicyclic) bond motifs is 2. The van der Waals surface area contributed by atoms with Gasteiger partial charge in [-0.3, -0.25) is 0 Å². The van der Waals surface area contributed by atoms with Gasteiger partial charge in [0.15, 0.2) is 0 Å². The van der Waals surface area contributed by atoms with E-state index >= 15 is 0 Å². The molecule has 2 N–H and O–H groups in total. The van der Waals surface area contributed by atoms with Crippen molar-refractivity contribution < 1.29 is 10.2 Å². The fourth-order valence-electron chi connectivity index (χ4n) is 2.89. The number of hydrogen-bond acceptors (Lipinski definition) is 4. The summed E-state index contributed by atoms with van der Waals surface area (Å²) in [5, 5.41) is 32.2. The van der Waals surface area contributed by atoms with Gasteiger partial charge in [-0.2, -0.15) is 10.2 Å². The molecule has 4 nitrogen and oxygen atoms in total. The summed E-state index contributed by atoms with van der Waals surface area (Å²) >= 11 is 0. The lowest BCUT2D eigenvalue weighted by atomic mass is 10.1. The second kappa shape index (κ2) is 6.69. The number of nitrogens with zero attached hydrogens (tertiary/aromatic N) is 2. The molecule has 0 aliphatic rings. The van der Waals surface area contributed by atoms with Crippen LogP contribution >= 0.6 is 0 Å². The molecule has 0 atom stereocenters. The molecule has 4 aromatic rings. The molecule has 0 saturated heterocycles. The molecular formula is C22H16N2O2. The molecule has 4 heteroatoms. The number of phenolic OH excluding ortho intramolecular Hbond substituents is 2. The average Bonchev–Trinajstić information content (AvgIpc) is 2.65. The van der Waals surface area contributed by atoms with Gasteiger partial charge < -0.3 is 10.2 Å². The first-order valence-electron chi connectivity index (χ1n) is 8.21. The highest BCUT2D eigenvalue weighted by Crippen LogP contribution is 2.25. The summed E-state index contributed by atoms with van der Waals surface area (Å²) in [6.07, 6.45) is 2.99. The molecule has 0 bridgehead atoms. The van der Waals surface area contributed by atoms with E-state index in [1.807, 2.05) is 60.7 Å². The molecule has 0 radical (unpaired) electrons. The zero-order chi connectivity index (χ0) is 17.9. The molecule has 4 rings (SSSR count). The van der Waals surface area contributed by atoms with Gasteiger partial charge >= 0.3 is 0 Å². The van der Waals surface area contributed by atoms with Crippen LogP contribution in [-0.2, 0) is 0 Å². The van der Waals surface area contributed by atoms with Gasteiger partial charge in [0, 0.05) is 11.1 Å². The molecule has 0 saturated carbocycles. The molecule has 0 heterocycles. The first-order valence-corrected chi connectivity index (χ1v) is 8.21. The Labute approximate surface area is 150 Å². The normalized spacial score (nSPS) is 11.8. The molecule has 26 heavy (non-hydrogen) atoms. The minimum absolute atomic E-state index is 0.149. The Morgan fingerprint density at radius 2 is 0.885 bits per heavy atom. The van der Waals surface area contributed by atoms with Gasteiger partial charge in [-0.25, -0.2) is 0 Å². The van der Waals surface area contributed by atoms with Gasteiger partial charge in [0.25, 0.3) is 0 Å². The molecule has 0 fully saturated rings. The number of benzene rings is 4. The SMILES string of the molecule is Oc1cc2ccccc2cc1/C=N/N=C/c1cc2ccccc2cc1O. The quantitative estimate of drug-likeness (QED) is 0.413. The van der Waals surface area contributed by atoms with Crippen LogP contribution in [0.3, 0.4) is 0 Å². The molecule has 0 spiro atoms. The van der Waals surface area contributed by atoms with E-state index in [-0.39, 0.29) is 11.5 Å². The molecule has 0 aliphatic carbocycles. The summed E-state index contributed by atoms with van der Waals surface area (Å²) < 4.78 is 0. The standard InChI is InChI=1S/C22H16N2O2/c25-21-11-17-7-3-1-5-15(17)9-19(21)13-23-24-14-20-10-16-6-2-4-8-18(16)12-22(20)26/h1-14,25-26H/b23-13+,24-14+. The fourth-order valence-corrected chi connectivity index (χ4v) is 2.89. The highest BCUT2D eigenvalue weighted by molar-refractivity contribution is 5.95. The Kier molecular flexibility index (Phi) is 4.07. The van der Waals surface area contributed by atoms with E-state index in [4.69, 9.17) is 0 Å². The third-order valence-corrected chi connectivity index (χ3v) is 4.25. The molecule has 126 valence electrons. The second-order valence-electron chi connectivity index (χ2n) is 6.01. The molecule has 0 aromatic heterocycles. The van der Waals surface area contributed by atoms with Crippen molar-refractivity contribution in [3.05, 3.63) is 83.9 Å². The number of hydrogen-bond donors (Lipinski definition) is 2. The van der Waals surface area contributed by atoms with E-state index < -0.39 is 0 Å². The van der Waals surface area contributed by atoms with Gasteiger partial charge in [0.05, 0.1) is 12.4 Å². The maximum absolute atomic E-state index is 10.1. The van der Waals surface area contributed by atoms with Crippen molar-refractivity contribution in [2.75, 3.05) is 0 Å². The average molecular weight is 340 g/mol. The Hall–Kier alpha value is -3.66. The van der Waals surface area contributed by atoms with Crippen LogP contribution in [0, 0.1) is 0 Å². The van der Waals surface area contributed by atoms with Crippen LogP contribution in [0.4, 0.5) is 0 Å². The van der Waals surface area contributed by atoms with Crippen molar-refractivity contribution in [3.63, 3.8) is 0 Å². The van der Waals surface area contributed by atoms with E-state index in [0.717, 1.165) is 21.5 Å². The van der Waals surface area contributed by atoms with Crippen molar-refractivity contribution in [2.45, 2.75) is 0 Å². The topological polar surface area (TPSA) is 65.2 Å². The lowest BCUT2D eigenvalue weighted by molar-refractivity contribution is 0.474. The zero-order valence-corrected chi connectivity index (χ0v) is 13.9. The number of rotatable bonds is 3. The van der Waals surface area contributed by atoms with Crippen LogP contribution in [0.1, 0.15) is 11.1 Å². The van der Waals surface area contributed by atoms with Crippen molar-refractivity contribution >= 4 is 34.0 Å². The highest BCUT2D eigenvalue weighted by atomic mass is 16.3. The highest BCUT2D eigenvalue weighted by Gasteiger charge is 2.02. The van der Waals surface area contributed by atoms with Crippen LogP contribution in [0.2, 0.25) is 0 Å². The first-order chi connectivity index (χ1) is 12.7. The third kappa shape index (κ3) is 3.13. The van der Waals surface area contributed by atoms with E-state index in [1.54, 1.807) is 12.1 Å². The largest absolute Gasteiger partial charge is 0.507 e. The van der Waals surface area contributed by atoms with Crippen LogP contribution in [0.15, 0.2) is 83.0 Å². The van der Waals surface area contributed by atoms with Gasteiger partial charge in [-0.05, 0) is 45.8 Å². The van der Waals surface area contributed by atoms with Crippen molar-refractivity contribution in [2.24, 2.45) is 10.2 Å². The lowest BCUT2D eigenvalue weighted by Crippen LogP contribution is -1.85. The summed E-state index contributed by atoms with van der Waals surface area (Å²) in [6, 6.07) is 22.7. The second-order valence-corrected chi connectivity index (χ2v) is 6.01. The van der Waals surface area contributed by atoms with E-state index in [9.17, 15) is 10.2 Å². The van der Waals surface area contributed by atoms with Crippen molar-refractivity contribution in [1.82, 2.24) is 0 Å². The van der Waals surface area contributed by atoms with Crippen LogP contribution < -0.4 is 0 Å². The van der Waals surface area contributed by atoms with Crippen molar-refractivity contribution in [3.8, 4) is 11.5 Å². The van der Waals surface area contributed by atoms with E-state index in [0.29, 0.717) is 11.1 Å². The summed E-state index contributed by atoms with van der Waals surface area (Å²) in [5.74, 6) is 0.299. The summed E-state index contributed by atoms with van der Waals surface area (Å²) in [6.45, 7) is 0. The molecular weight excluding hydrogens is 324 g/mol. The van der Waals surface area contributed by atoms with Crippen molar-refractivity contribution in [1.29, 1.82) is 0 Å². The monoisotopic (exact) mass is 340 g/mol. The summed E-state index contributed by atoms with van der Waals surface area (Å²) in [4.78, 5) is 0. The smallest absolute Gasteiger partial charge is 0.125 e. The Morgan fingerprint density at radius 1 is 0.538 bits per heavy atom. The first kappa shape index (κ1) is 15.8. The van der Waals surface area contributed by atoms with Crippen LogP contribution in [0.25, 0.3) is 21.5 Å². The maximum Gasteiger partial charge on any atom is 0.125 e. The predicted octanol–water partition coefficient (Wildman–Crippen LogP) is 4.86. The summed E-state index contributed by atoms with van der Waals surface area (Å²) in [5.41, 5.74) is 1.17. The zero-order valence-electron chi connectivity index (χ0n) is 13.9. The van der Waals surface area contributed by atoms with Crippen LogP contribution in [-0.4, -0.2) is 22.6 Å². The molecule has 4 aromatic carbocycles. The fraction of sp³-hybridized carbons (Fsp3) is 0. The number of aromatic hydroxyl groups is 2. The van der Waals surface area contributed by atoms with E-state index in [2.05, 4.69) is 10.2 Å². The van der Waals surface area contributed by atoms with Crippen LogP contribution in [0.5, 0.6) is 11.5 Å². The van der Waals surface area contributed by atoms with Gasteiger partial charge in [-0.15, -0.1) is 0 Å². The Bertz CT molecular complexity index is 1070. The minimum Gasteiger partial charge on any atom is -0.507 e. The molecule has 0 amide bonds. The van der Waals surface area contributed by atoms with Gasteiger partial charge in [-0.1, -0.05) is 48.5 Å². The van der Waals surface area contributed by atoms with E-state index in [1.165, 1.54) is 12.4 Å². The summed E-state index contributed by atoms with van der Waals surface area (Å²) in [7, 11) is 0. The lowest BCUT2D eigenvalue weighted by Gasteiger charge is -2.02.